The number of rotatable bonds is 2. The number of carbonyl (C=O) groups excluding carboxylic acids is 1. The average Bonchev–Trinajstić information content (AvgIpc) is 2.96. The molecule has 1 saturated heterocycles. The fourth-order valence-electron chi connectivity index (χ4n) is 2.90. The number of nitrogens with zero attached hydrogens (tertiary/aromatic N) is 4. The van der Waals surface area contributed by atoms with Gasteiger partial charge in [0.1, 0.15) is 16.9 Å². The zero-order chi connectivity index (χ0) is 18.2. The molecule has 3 rings (SSSR count). The third-order valence-electron chi connectivity index (χ3n) is 4.09. The van der Waals surface area contributed by atoms with Gasteiger partial charge in [0, 0.05) is 17.6 Å². The molecule has 2 aromatic rings. The SMILES string of the molecule is COc1cc(Br)cc2nn(C3CCN(C(=O)OC(C)(C)C)CC3)nc12. The molecule has 8 heteroatoms. The molecule has 0 bridgehead atoms. The van der Waals surface area contributed by atoms with Crippen LogP contribution < -0.4 is 4.74 Å². The van der Waals surface area contributed by atoms with Crippen molar-refractivity contribution in [3.8, 4) is 5.75 Å². The monoisotopic (exact) mass is 410 g/mol. The van der Waals surface area contributed by atoms with E-state index in [4.69, 9.17) is 9.47 Å². The van der Waals surface area contributed by atoms with Gasteiger partial charge in [0.25, 0.3) is 0 Å². The van der Waals surface area contributed by atoms with Gasteiger partial charge in [-0.2, -0.15) is 9.90 Å². The standard InChI is InChI=1S/C17H23BrN4O3/c1-17(2,3)25-16(23)21-7-5-12(6-8-21)22-19-13-9-11(18)10-14(24-4)15(13)20-22/h9-10,12H,5-8H2,1-4H3. The van der Waals surface area contributed by atoms with Crippen LogP contribution in [0.1, 0.15) is 39.7 Å². The summed E-state index contributed by atoms with van der Waals surface area (Å²) in [6, 6.07) is 3.97. The van der Waals surface area contributed by atoms with Gasteiger partial charge in [0.2, 0.25) is 0 Å². The second-order valence-electron chi connectivity index (χ2n) is 7.19. The molecule has 1 amide bonds. The highest BCUT2D eigenvalue weighted by molar-refractivity contribution is 9.10. The number of fused-ring (bicyclic) bond motifs is 1. The van der Waals surface area contributed by atoms with Gasteiger partial charge in [-0.3, -0.25) is 0 Å². The first-order valence-corrected chi connectivity index (χ1v) is 9.14. The third-order valence-corrected chi connectivity index (χ3v) is 4.55. The van der Waals surface area contributed by atoms with Crippen molar-refractivity contribution in [2.75, 3.05) is 20.2 Å². The molecule has 0 unspecified atom stereocenters. The highest BCUT2D eigenvalue weighted by atomic mass is 79.9. The summed E-state index contributed by atoms with van der Waals surface area (Å²) in [6.07, 6.45) is 1.34. The van der Waals surface area contributed by atoms with E-state index < -0.39 is 5.60 Å². The molecule has 1 aliphatic heterocycles. The number of aromatic nitrogens is 3. The molecule has 7 nitrogen and oxygen atoms in total. The first-order valence-electron chi connectivity index (χ1n) is 8.35. The summed E-state index contributed by atoms with van der Waals surface area (Å²) >= 11 is 3.46. The van der Waals surface area contributed by atoms with Crippen LogP contribution in [0.15, 0.2) is 16.6 Å². The number of likely N-dealkylation sites (tertiary alicyclic amines) is 1. The van der Waals surface area contributed by atoms with Gasteiger partial charge in [-0.15, -0.1) is 5.10 Å². The number of benzene rings is 1. The maximum absolute atomic E-state index is 12.2. The molecule has 0 atom stereocenters. The average molecular weight is 411 g/mol. The van der Waals surface area contributed by atoms with Crippen molar-refractivity contribution < 1.29 is 14.3 Å². The molecule has 1 aromatic carbocycles. The van der Waals surface area contributed by atoms with Gasteiger partial charge in [-0.05, 0) is 45.7 Å². The number of ether oxygens (including phenoxy) is 2. The summed E-state index contributed by atoms with van der Waals surface area (Å²) in [5.41, 5.74) is 1.07. The zero-order valence-corrected chi connectivity index (χ0v) is 16.5. The Kier molecular flexibility index (Phi) is 4.90. The lowest BCUT2D eigenvalue weighted by molar-refractivity contribution is 0.0180. The van der Waals surface area contributed by atoms with E-state index in [1.807, 2.05) is 32.9 Å². The number of hydrogen-bond donors (Lipinski definition) is 0. The number of hydrogen-bond acceptors (Lipinski definition) is 5. The zero-order valence-electron chi connectivity index (χ0n) is 15.0. The number of methoxy groups -OCH3 is 1. The van der Waals surface area contributed by atoms with Gasteiger partial charge in [0.05, 0.1) is 13.2 Å². The summed E-state index contributed by atoms with van der Waals surface area (Å²) in [5, 5.41) is 9.20. The molecule has 0 N–H and O–H groups in total. The van der Waals surface area contributed by atoms with Crippen LogP contribution in [0.2, 0.25) is 0 Å². The van der Waals surface area contributed by atoms with E-state index in [0.717, 1.165) is 28.3 Å². The van der Waals surface area contributed by atoms with E-state index in [0.29, 0.717) is 18.8 Å². The van der Waals surface area contributed by atoms with Gasteiger partial charge < -0.3 is 14.4 Å². The highest BCUT2D eigenvalue weighted by Gasteiger charge is 2.28. The Hall–Kier alpha value is -1.83. The van der Waals surface area contributed by atoms with E-state index in [2.05, 4.69) is 26.1 Å². The van der Waals surface area contributed by atoms with Crippen molar-refractivity contribution in [3.63, 3.8) is 0 Å². The topological polar surface area (TPSA) is 69.5 Å². The van der Waals surface area contributed by atoms with E-state index in [1.165, 1.54) is 0 Å². The number of piperidine rings is 1. The second-order valence-corrected chi connectivity index (χ2v) is 8.11. The summed E-state index contributed by atoms with van der Waals surface area (Å²) < 4.78 is 11.7. The molecule has 0 aliphatic carbocycles. The van der Waals surface area contributed by atoms with Crippen LogP contribution in [0.3, 0.4) is 0 Å². The van der Waals surface area contributed by atoms with Crippen molar-refractivity contribution in [2.24, 2.45) is 0 Å². The smallest absolute Gasteiger partial charge is 0.410 e. The largest absolute Gasteiger partial charge is 0.494 e. The predicted octanol–water partition coefficient (Wildman–Crippen LogP) is 3.77. The fourth-order valence-corrected chi connectivity index (χ4v) is 3.32. The van der Waals surface area contributed by atoms with Crippen molar-refractivity contribution >= 4 is 33.1 Å². The van der Waals surface area contributed by atoms with Crippen molar-refractivity contribution in [2.45, 2.75) is 45.3 Å². The molecule has 0 saturated carbocycles. The third kappa shape index (κ3) is 4.05. The van der Waals surface area contributed by atoms with E-state index in [9.17, 15) is 4.79 Å². The lowest BCUT2D eigenvalue weighted by Crippen LogP contribution is -2.42. The maximum atomic E-state index is 12.2. The minimum atomic E-state index is -0.473. The number of halogens is 1. The molecule has 25 heavy (non-hydrogen) atoms. The van der Waals surface area contributed by atoms with E-state index >= 15 is 0 Å². The number of amides is 1. The summed E-state index contributed by atoms with van der Waals surface area (Å²) in [7, 11) is 1.62. The van der Waals surface area contributed by atoms with Crippen LogP contribution in [0.4, 0.5) is 4.79 Å². The molecule has 136 valence electrons. The summed E-state index contributed by atoms with van der Waals surface area (Å²) in [5.74, 6) is 0.696. The number of carbonyl (C=O) groups is 1. The fraction of sp³-hybridized carbons (Fsp3) is 0.588. The molecular formula is C17H23BrN4O3. The van der Waals surface area contributed by atoms with Crippen molar-refractivity contribution in [1.29, 1.82) is 0 Å². The highest BCUT2D eigenvalue weighted by Crippen LogP contribution is 2.30. The Morgan fingerprint density at radius 2 is 1.92 bits per heavy atom. The molecule has 0 radical (unpaired) electrons. The lowest BCUT2D eigenvalue weighted by atomic mass is 10.1. The molecule has 2 heterocycles. The van der Waals surface area contributed by atoms with Gasteiger partial charge in [-0.25, -0.2) is 4.79 Å². The van der Waals surface area contributed by atoms with Crippen LogP contribution in [0.25, 0.3) is 11.0 Å². The second kappa shape index (κ2) is 6.82. The Labute approximate surface area is 155 Å². The van der Waals surface area contributed by atoms with Crippen LogP contribution in [-0.2, 0) is 4.74 Å². The van der Waals surface area contributed by atoms with Crippen LogP contribution in [-0.4, -0.2) is 51.8 Å². The van der Waals surface area contributed by atoms with E-state index in [-0.39, 0.29) is 12.1 Å². The predicted molar refractivity (Wildman–Crippen MR) is 97.9 cm³/mol. The van der Waals surface area contributed by atoms with Crippen LogP contribution in [0.5, 0.6) is 5.75 Å². The minimum absolute atomic E-state index is 0.162. The van der Waals surface area contributed by atoms with Crippen LogP contribution in [0, 0.1) is 0 Å². The normalized spacial score (nSPS) is 16.3. The Balaban J connectivity index is 1.71. The minimum Gasteiger partial charge on any atom is -0.494 e. The van der Waals surface area contributed by atoms with Gasteiger partial charge >= 0.3 is 6.09 Å². The Morgan fingerprint density at radius 3 is 2.52 bits per heavy atom. The lowest BCUT2D eigenvalue weighted by Gasteiger charge is -2.32. The molecule has 0 spiro atoms. The molecule has 1 aromatic heterocycles. The van der Waals surface area contributed by atoms with Crippen LogP contribution >= 0.6 is 15.9 Å². The molecule has 1 aliphatic rings. The Bertz CT molecular complexity index is 776. The van der Waals surface area contributed by atoms with Gasteiger partial charge in [0.15, 0.2) is 5.52 Å². The maximum Gasteiger partial charge on any atom is 0.410 e. The first kappa shape index (κ1) is 18.0. The van der Waals surface area contributed by atoms with Crippen molar-refractivity contribution in [3.05, 3.63) is 16.6 Å². The summed E-state index contributed by atoms with van der Waals surface area (Å²) in [6.45, 7) is 6.91. The van der Waals surface area contributed by atoms with Crippen molar-refractivity contribution in [1.82, 2.24) is 19.9 Å². The summed E-state index contributed by atoms with van der Waals surface area (Å²) in [4.78, 5) is 15.7. The van der Waals surface area contributed by atoms with Gasteiger partial charge in [-0.1, -0.05) is 15.9 Å². The van der Waals surface area contributed by atoms with E-state index in [1.54, 1.807) is 16.8 Å². The quantitative estimate of drug-likeness (QED) is 0.753. The Morgan fingerprint density at radius 1 is 1.24 bits per heavy atom. The molecular weight excluding hydrogens is 388 g/mol. The molecule has 1 fully saturated rings. The first-order chi connectivity index (χ1) is 11.8.